The maximum atomic E-state index is 10.3. The molecule has 0 radical (unpaired) electrons. The van der Waals surface area contributed by atoms with Crippen molar-refractivity contribution in [1.82, 2.24) is 0 Å². The number of ether oxygens (including phenoxy) is 2. The minimum Gasteiger partial charge on any atom is -0.497 e. The van der Waals surface area contributed by atoms with Gasteiger partial charge in [-0.05, 0) is 30.7 Å². The second-order valence-corrected chi connectivity index (χ2v) is 3.98. The Balaban J connectivity index is 2.41. The maximum absolute atomic E-state index is 10.3. The fraction of sp³-hybridized carbons (Fsp3) is 0.286. The Labute approximate surface area is 106 Å². The van der Waals surface area contributed by atoms with Crippen LogP contribution in [-0.2, 0) is 0 Å². The second-order valence-electron chi connectivity index (χ2n) is 3.98. The van der Waals surface area contributed by atoms with Gasteiger partial charge in [-0.2, -0.15) is 0 Å². The van der Waals surface area contributed by atoms with E-state index < -0.39 is 6.10 Å². The molecule has 0 aliphatic rings. The normalized spacial score (nSPS) is 12.2. The third-order valence-corrected chi connectivity index (χ3v) is 2.89. The van der Waals surface area contributed by atoms with Gasteiger partial charge in [-0.1, -0.05) is 0 Å². The fourth-order valence-corrected chi connectivity index (χ4v) is 1.85. The van der Waals surface area contributed by atoms with Gasteiger partial charge in [0.15, 0.2) is 0 Å². The first-order chi connectivity index (χ1) is 8.67. The van der Waals surface area contributed by atoms with Gasteiger partial charge in [0, 0.05) is 11.6 Å². The van der Waals surface area contributed by atoms with Crippen LogP contribution >= 0.6 is 0 Å². The predicted molar refractivity (Wildman–Crippen MR) is 67.1 cm³/mol. The molecule has 2 rings (SSSR count). The van der Waals surface area contributed by atoms with Crippen LogP contribution in [0.15, 0.2) is 34.9 Å². The van der Waals surface area contributed by atoms with Crippen molar-refractivity contribution in [2.75, 3.05) is 14.2 Å². The molecule has 4 nitrogen and oxygen atoms in total. The summed E-state index contributed by atoms with van der Waals surface area (Å²) in [4.78, 5) is 0. The first-order valence-corrected chi connectivity index (χ1v) is 5.61. The molecule has 18 heavy (non-hydrogen) atoms. The van der Waals surface area contributed by atoms with Gasteiger partial charge < -0.3 is 19.0 Å². The van der Waals surface area contributed by atoms with Gasteiger partial charge in [-0.15, -0.1) is 0 Å². The average molecular weight is 248 g/mol. The smallest absolute Gasteiger partial charge is 0.140 e. The van der Waals surface area contributed by atoms with Crippen molar-refractivity contribution in [2.24, 2.45) is 0 Å². The van der Waals surface area contributed by atoms with Gasteiger partial charge >= 0.3 is 0 Å². The van der Waals surface area contributed by atoms with E-state index in [1.807, 2.05) is 13.0 Å². The first kappa shape index (κ1) is 12.5. The third-order valence-electron chi connectivity index (χ3n) is 2.89. The highest BCUT2D eigenvalue weighted by molar-refractivity contribution is 5.44. The molecule has 0 amide bonds. The van der Waals surface area contributed by atoms with E-state index in [1.54, 1.807) is 38.7 Å². The first-order valence-electron chi connectivity index (χ1n) is 5.61. The lowest BCUT2D eigenvalue weighted by Gasteiger charge is -2.14. The van der Waals surface area contributed by atoms with E-state index in [0.717, 1.165) is 5.56 Å². The summed E-state index contributed by atoms with van der Waals surface area (Å²) < 4.78 is 15.7. The summed E-state index contributed by atoms with van der Waals surface area (Å²) in [5.41, 5.74) is 1.55. The Morgan fingerprint density at radius 2 is 1.94 bits per heavy atom. The van der Waals surface area contributed by atoms with E-state index in [9.17, 15) is 5.11 Å². The van der Waals surface area contributed by atoms with E-state index in [1.165, 1.54) is 0 Å². The molecule has 0 fully saturated rings. The Hall–Kier alpha value is -1.94. The Morgan fingerprint density at radius 1 is 1.17 bits per heavy atom. The number of furan rings is 1. The quantitative estimate of drug-likeness (QED) is 0.903. The standard InChI is InChI=1S/C14H16O4/c1-9-6-7-18-14(9)13(15)11-5-4-10(16-2)8-12(11)17-3/h4-8,13,15H,1-3H3. The van der Waals surface area contributed by atoms with Crippen LogP contribution in [0.4, 0.5) is 0 Å². The van der Waals surface area contributed by atoms with Crippen molar-refractivity contribution >= 4 is 0 Å². The highest BCUT2D eigenvalue weighted by Crippen LogP contribution is 2.34. The Kier molecular flexibility index (Phi) is 3.58. The minimum atomic E-state index is -0.846. The number of rotatable bonds is 4. The van der Waals surface area contributed by atoms with Crippen molar-refractivity contribution in [3.8, 4) is 11.5 Å². The predicted octanol–water partition coefficient (Wildman–Crippen LogP) is 2.69. The molecule has 0 aliphatic heterocycles. The fourth-order valence-electron chi connectivity index (χ4n) is 1.85. The van der Waals surface area contributed by atoms with Crippen LogP contribution in [0.25, 0.3) is 0 Å². The van der Waals surface area contributed by atoms with E-state index in [2.05, 4.69) is 0 Å². The van der Waals surface area contributed by atoms with Crippen LogP contribution in [0.2, 0.25) is 0 Å². The lowest BCUT2D eigenvalue weighted by atomic mass is 10.0. The van der Waals surface area contributed by atoms with E-state index in [4.69, 9.17) is 13.9 Å². The van der Waals surface area contributed by atoms with Gasteiger partial charge in [0.25, 0.3) is 0 Å². The number of hydrogen-bond donors (Lipinski definition) is 1. The molecule has 1 atom stereocenters. The van der Waals surface area contributed by atoms with Gasteiger partial charge in [-0.25, -0.2) is 0 Å². The molecule has 0 saturated heterocycles. The summed E-state index contributed by atoms with van der Waals surface area (Å²) in [6.45, 7) is 1.89. The molecule has 4 heteroatoms. The number of methoxy groups -OCH3 is 2. The average Bonchev–Trinajstić information content (AvgIpc) is 2.83. The molecule has 2 aromatic rings. The van der Waals surface area contributed by atoms with Crippen molar-refractivity contribution in [3.05, 3.63) is 47.4 Å². The zero-order valence-corrected chi connectivity index (χ0v) is 10.6. The van der Waals surface area contributed by atoms with Gasteiger partial charge in [0.2, 0.25) is 0 Å². The number of benzene rings is 1. The van der Waals surface area contributed by atoms with Crippen LogP contribution in [0, 0.1) is 6.92 Å². The van der Waals surface area contributed by atoms with Crippen molar-refractivity contribution in [3.63, 3.8) is 0 Å². The highest BCUT2D eigenvalue weighted by atomic mass is 16.5. The summed E-state index contributed by atoms with van der Waals surface area (Å²) in [7, 11) is 3.14. The topological polar surface area (TPSA) is 51.8 Å². The Morgan fingerprint density at radius 3 is 2.50 bits per heavy atom. The molecule has 0 spiro atoms. The largest absolute Gasteiger partial charge is 0.497 e. The van der Waals surface area contributed by atoms with Crippen molar-refractivity contribution in [2.45, 2.75) is 13.0 Å². The number of aliphatic hydroxyl groups is 1. The number of hydrogen-bond acceptors (Lipinski definition) is 4. The summed E-state index contributed by atoms with van der Waals surface area (Å²) in [5, 5.41) is 10.3. The minimum absolute atomic E-state index is 0.526. The molecule has 0 aliphatic carbocycles. The molecule has 0 saturated carbocycles. The third kappa shape index (κ3) is 2.19. The lowest BCUT2D eigenvalue weighted by Crippen LogP contribution is -2.03. The zero-order valence-electron chi connectivity index (χ0n) is 10.6. The Bertz CT molecular complexity index is 530. The zero-order chi connectivity index (χ0) is 13.1. The van der Waals surface area contributed by atoms with Crippen molar-refractivity contribution in [1.29, 1.82) is 0 Å². The van der Waals surface area contributed by atoms with Crippen LogP contribution in [0.5, 0.6) is 11.5 Å². The van der Waals surface area contributed by atoms with Gasteiger partial charge in [-0.3, -0.25) is 0 Å². The molecule has 1 aromatic heterocycles. The van der Waals surface area contributed by atoms with E-state index in [-0.39, 0.29) is 0 Å². The van der Waals surface area contributed by atoms with Crippen LogP contribution in [0.3, 0.4) is 0 Å². The SMILES string of the molecule is COc1ccc(C(O)c2occc2C)c(OC)c1. The summed E-state index contributed by atoms with van der Waals surface area (Å²) in [6.07, 6.45) is 0.713. The van der Waals surface area contributed by atoms with Crippen LogP contribution in [0.1, 0.15) is 23.0 Å². The number of aryl methyl sites for hydroxylation is 1. The lowest BCUT2D eigenvalue weighted by molar-refractivity contribution is 0.184. The number of aliphatic hydroxyl groups excluding tert-OH is 1. The van der Waals surface area contributed by atoms with Gasteiger partial charge in [0.05, 0.1) is 20.5 Å². The molecular weight excluding hydrogens is 232 g/mol. The summed E-state index contributed by atoms with van der Waals surface area (Å²) in [6, 6.07) is 7.09. The monoisotopic (exact) mass is 248 g/mol. The van der Waals surface area contributed by atoms with E-state index >= 15 is 0 Å². The van der Waals surface area contributed by atoms with Crippen molar-refractivity contribution < 1.29 is 19.0 Å². The molecule has 1 unspecified atom stereocenters. The highest BCUT2D eigenvalue weighted by Gasteiger charge is 2.20. The van der Waals surface area contributed by atoms with E-state index in [0.29, 0.717) is 22.8 Å². The molecule has 0 bridgehead atoms. The molecule has 1 N–H and O–H groups in total. The second kappa shape index (κ2) is 5.14. The summed E-state index contributed by atoms with van der Waals surface area (Å²) in [5.74, 6) is 1.77. The molecular formula is C14H16O4. The van der Waals surface area contributed by atoms with Crippen LogP contribution in [-0.4, -0.2) is 19.3 Å². The summed E-state index contributed by atoms with van der Waals surface area (Å²) >= 11 is 0. The molecule has 1 heterocycles. The maximum Gasteiger partial charge on any atom is 0.140 e. The van der Waals surface area contributed by atoms with Crippen LogP contribution < -0.4 is 9.47 Å². The molecule has 1 aromatic carbocycles. The van der Waals surface area contributed by atoms with Gasteiger partial charge in [0.1, 0.15) is 23.4 Å². The molecule has 96 valence electrons.